The summed E-state index contributed by atoms with van der Waals surface area (Å²) in [6.07, 6.45) is 8.03. The summed E-state index contributed by atoms with van der Waals surface area (Å²) in [5, 5.41) is 3.03. The van der Waals surface area contributed by atoms with Crippen molar-refractivity contribution in [2.45, 2.75) is 62.9 Å². The molecule has 1 unspecified atom stereocenters. The smallest absolute Gasteiger partial charge is 0.323 e. The van der Waals surface area contributed by atoms with Crippen molar-refractivity contribution in [3.63, 3.8) is 0 Å². The number of carbonyl (C=O) groups is 2. The summed E-state index contributed by atoms with van der Waals surface area (Å²) in [5.41, 5.74) is 2.08. The van der Waals surface area contributed by atoms with Crippen molar-refractivity contribution in [2.24, 2.45) is 0 Å². The van der Waals surface area contributed by atoms with E-state index in [4.69, 9.17) is 0 Å². The summed E-state index contributed by atoms with van der Waals surface area (Å²) in [5.74, 6) is -0.0162. The fourth-order valence-electron chi connectivity index (χ4n) is 4.79. The van der Waals surface area contributed by atoms with Crippen LogP contribution in [0, 0.1) is 0 Å². The van der Waals surface area contributed by atoms with E-state index in [9.17, 15) is 9.59 Å². The van der Waals surface area contributed by atoms with Crippen molar-refractivity contribution >= 4 is 11.9 Å². The molecule has 0 radical (unpaired) electrons. The fourth-order valence-corrected chi connectivity index (χ4v) is 4.79. The molecule has 5 heteroatoms. The Balaban J connectivity index is 1.49. The third-order valence-electron chi connectivity index (χ3n) is 6.20. The van der Waals surface area contributed by atoms with Gasteiger partial charge in [0.05, 0.1) is 6.67 Å². The van der Waals surface area contributed by atoms with Crippen LogP contribution in [0.1, 0.15) is 62.1 Å². The van der Waals surface area contributed by atoms with Crippen molar-refractivity contribution < 1.29 is 9.59 Å². The number of amides is 3. The number of imide groups is 1. The highest BCUT2D eigenvalue weighted by Crippen LogP contribution is 2.36. The van der Waals surface area contributed by atoms with E-state index in [0.717, 1.165) is 51.4 Å². The van der Waals surface area contributed by atoms with Gasteiger partial charge in [-0.15, -0.1) is 0 Å². The number of benzene rings is 1. The van der Waals surface area contributed by atoms with Gasteiger partial charge >= 0.3 is 6.03 Å². The molecular weight excluding hydrogens is 314 g/mol. The van der Waals surface area contributed by atoms with Crippen LogP contribution in [0.25, 0.3) is 0 Å². The highest BCUT2D eigenvalue weighted by molar-refractivity contribution is 6.07. The summed E-state index contributed by atoms with van der Waals surface area (Å²) in [6.45, 7) is 0.366. The molecule has 0 aromatic heterocycles. The van der Waals surface area contributed by atoms with Crippen LogP contribution in [0.2, 0.25) is 0 Å². The lowest BCUT2D eigenvalue weighted by Gasteiger charge is -2.29. The van der Waals surface area contributed by atoms with E-state index in [-0.39, 0.29) is 18.0 Å². The van der Waals surface area contributed by atoms with Crippen molar-refractivity contribution in [3.05, 3.63) is 35.4 Å². The summed E-state index contributed by atoms with van der Waals surface area (Å²) in [7, 11) is 2.02. The zero-order chi connectivity index (χ0) is 17.4. The molecule has 2 fully saturated rings. The van der Waals surface area contributed by atoms with Crippen LogP contribution in [0.3, 0.4) is 0 Å². The quantitative estimate of drug-likeness (QED) is 0.859. The molecule has 1 saturated carbocycles. The average molecular weight is 341 g/mol. The van der Waals surface area contributed by atoms with Gasteiger partial charge in [0.2, 0.25) is 0 Å². The Labute approximate surface area is 149 Å². The highest BCUT2D eigenvalue weighted by Gasteiger charge is 2.51. The zero-order valence-corrected chi connectivity index (χ0v) is 15.0. The standard InChI is InChI=1S/C20H27N3O2/c1-22(17-11-10-15-8-4-5-9-16(15)17)14-23-18(24)20(21-19(23)25)12-6-2-3-7-13-20/h4-5,8-9,17H,2-3,6-7,10-14H2,1H3,(H,21,25). The van der Waals surface area contributed by atoms with Crippen LogP contribution >= 0.6 is 0 Å². The first-order valence-corrected chi connectivity index (χ1v) is 9.53. The number of nitrogens with one attached hydrogen (secondary N) is 1. The number of urea groups is 1. The first kappa shape index (κ1) is 16.6. The number of carbonyl (C=O) groups excluding carboxylic acids is 2. The molecule has 1 spiro atoms. The zero-order valence-electron chi connectivity index (χ0n) is 15.0. The molecule has 25 heavy (non-hydrogen) atoms. The number of hydrogen-bond acceptors (Lipinski definition) is 3. The molecule has 0 bridgehead atoms. The predicted octanol–water partition coefficient (Wildman–Crippen LogP) is 3.21. The predicted molar refractivity (Wildman–Crippen MR) is 95.9 cm³/mol. The molecule has 5 nitrogen and oxygen atoms in total. The Morgan fingerprint density at radius 3 is 2.64 bits per heavy atom. The molecule has 3 aliphatic rings. The number of aryl methyl sites for hydroxylation is 1. The van der Waals surface area contributed by atoms with Gasteiger partial charge in [-0.25, -0.2) is 9.69 Å². The summed E-state index contributed by atoms with van der Waals surface area (Å²) >= 11 is 0. The van der Waals surface area contributed by atoms with Crippen LogP contribution in [0.15, 0.2) is 24.3 Å². The van der Waals surface area contributed by atoms with Gasteiger partial charge in [-0.05, 0) is 43.9 Å². The molecule has 1 aliphatic heterocycles. The second kappa shape index (κ2) is 6.45. The topological polar surface area (TPSA) is 52.6 Å². The molecule has 2 aliphatic carbocycles. The minimum absolute atomic E-state index is 0.0162. The largest absolute Gasteiger partial charge is 0.326 e. The van der Waals surface area contributed by atoms with Crippen molar-refractivity contribution in [1.29, 1.82) is 0 Å². The Morgan fingerprint density at radius 2 is 1.88 bits per heavy atom. The van der Waals surface area contributed by atoms with Crippen LogP contribution < -0.4 is 5.32 Å². The van der Waals surface area contributed by atoms with Crippen LogP contribution in [-0.2, 0) is 11.2 Å². The Hall–Kier alpha value is -1.88. The fraction of sp³-hybridized carbons (Fsp3) is 0.600. The molecule has 1 saturated heterocycles. The number of nitrogens with zero attached hydrogens (tertiary/aromatic N) is 2. The molecule has 3 amide bonds. The number of hydrogen-bond donors (Lipinski definition) is 1. The van der Waals surface area contributed by atoms with E-state index in [0.29, 0.717) is 6.67 Å². The molecule has 134 valence electrons. The van der Waals surface area contributed by atoms with Gasteiger partial charge in [-0.3, -0.25) is 9.69 Å². The van der Waals surface area contributed by atoms with E-state index in [1.165, 1.54) is 16.0 Å². The van der Waals surface area contributed by atoms with Crippen LogP contribution in [0.4, 0.5) is 4.79 Å². The molecule has 1 heterocycles. The van der Waals surface area contributed by atoms with Crippen molar-refractivity contribution in [2.75, 3.05) is 13.7 Å². The first-order valence-electron chi connectivity index (χ1n) is 9.53. The lowest BCUT2D eigenvalue weighted by molar-refractivity contribution is -0.133. The molecule has 1 atom stereocenters. The minimum atomic E-state index is -0.637. The first-order chi connectivity index (χ1) is 12.1. The molecule has 1 aromatic carbocycles. The van der Waals surface area contributed by atoms with E-state index in [2.05, 4.69) is 34.5 Å². The highest BCUT2D eigenvalue weighted by atomic mass is 16.2. The lowest BCUT2D eigenvalue weighted by atomic mass is 9.90. The van der Waals surface area contributed by atoms with E-state index < -0.39 is 5.54 Å². The Morgan fingerprint density at radius 1 is 1.16 bits per heavy atom. The third kappa shape index (κ3) is 2.84. The maximum absolute atomic E-state index is 13.1. The maximum atomic E-state index is 13.1. The van der Waals surface area contributed by atoms with Crippen LogP contribution in [-0.4, -0.2) is 41.0 Å². The van der Waals surface area contributed by atoms with Gasteiger partial charge in [0.25, 0.3) is 5.91 Å². The molecular formula is C20H27N3O2. The summed E-state index contributed by atoms with van der Waals surface area (Å²) in [6, 6.07) is 8.56. The SMILES string of the molecule is CN(CN1C(=O)NC2(CCCCCC2)C1=O)C1CCc2ccccc21. The molecule has 1 N–H and O–H groups in total. The number of rotatable bonds is 3. The van der Waals surface area contributed by atoms with Gasteiger partial charge in [-0.2, -0.15) is 0 Å². The second-order valence-electron chi connectivity index (χ2n) is 7.81. The number of fused-ring (bicyclic) bond motifs is 1. The monoisotopic (exact) mass is 341 g/mol. The van der Waals surface area contributed by atoms with E-state index >= 15 is 0 Å². The van der Waals surface area contributed by atoms with Gasteiger partial charge in [0.15, 0.2) is 0 Å². The average Bonchev–Trinajstić information content (AvgIpc) is 3.02. The maximum Gasteiger partial charge on any atom is 0.326 e. The van der Waals surface area contributed by atoms with E-state index in [1.807, 2.05) is 7.05 Å². The Kier molecular flexibility index (Phi) is 4.28. The summed E-state index contributed by atoms with van der Waals surface area (Å²) < 4.78 is 0. The van der Waals surface area contributed by atoms with Crippen molar-refractivity contribution in [3.8, 4) is 0 Å². The van der Waals surface area contributed by atoms with Gasteiger partial charge < -0.3 is 5.32 Å². The minimum Gasteiger partial charge on any atom is -0.323 e. The lowest BCUT2D eigenvalue weighted by Crippen LogP contribution is -2.47. The van der Waals surface area contributed by atoms with Crippen LogP contribution in [0.5, 0.6) is 0 Å². The molecule has 1 aromatic rings. The van der Waals surface area contributed by atoms with Crippen molar-refractivity contribution in [1.82, 2.24) is 15.1 Å². The Bertz CT molecular complexity index is 679. The van der Waals surface area contributed by atoms with E-state index in [1.54, 1.807) is 0 Å². The molecule has 4 rings (SSSR count). The summed E-state index contributed by atoms with van der Waals surface area (Å²) in [4.78, 5) is 29.2. The van der Waals surface area contributed by atoms with Gasteiger partial charge in [0, 0.05) is 6.04 Å². The normalized spacial score (nSPS) is 25.4. The second-order valence-corrected chi connectivity index (χ2v) is 7.81. The van der Waals surface area contributed by atoms with Gasteiger partial charge in [-0.1, -0.05) is 49.9 Å². The van der Waals surface area contributed by atoms with Gasteiger partial charge in [0.1, 0.15) is 5.54 Å². The third-order valence-corrected chi connectivity index (χ3v) is 6.20.